The Morgan fingerprint density at radius 1 is 1.16 bits per heavy atom. The molecule has 1 saturated carbocycles. The summed E-state index contributed by atoms with van der Waals surface area (Å²) in [6.07, 6.45) is 7.10. The summed E-state index contributed by atoms with van der Waals surface area (Å²) in [7, 11) is 1.64. The number of benzene rings is 1. The molecule has 0 unspecified atom stereocenters. The van der Waals surface area contributed by atoms with Gasteiger partial charge in [-0.15, -0.1) is 0 Å². The molecule has 1 saturated heterocycles. The molecule has 1 aliphatic heterocycles. The molecule has 2 fully saturated rings. The topological polar surface area (TPSA) is 93.4 Å². The van der Waals surface area contributed by atoms with E-state index in [0.29, 0.717) is 30.5 Å². The minimum absolute atomic E-state index is 0.00965. The molecule has 0 atom stereocenters. The van der Waals surface area contributed by atoms with Crippen LogP contribution in [0.15, 0.2) is 42.7 Å². The number of aromatic nitrogens is 4. The first kappa shape index (κ1) is 20.6. The summed E-state index contributed by atoms with van der Waals surface area (Å²) in [5, 5.41) is 13.9. The van der Waals surface area contributed by atoms with E-state index in [9.17, 15) is 9.90 Å². The lowest BCUT2D eigenvalue weighted by Crippen LogP contribution is -2.39. The monoisotopic (exact) mass is 433 g/mol. The quantitative estimate of drug-likeness (QED) is 0.642. The number of carbonyl (C=O) groups is 1. The molecule has 0 radical (unpaired) electrons. The van der Waals surface area contributed by atoms with Gasteiger partial charge in [-0.3, -0.25) is 4.79 Å². The standard InChI is InChI=1S/C24H27N5O3/c1-32-21-5-3-2-4-18(21)20-8-11-25-24(27-20)29-22(17-6-7-17)19(14-26-29)23(31)28-12-9-16(15-30)10-13-28/h2-5,8,11,14,16-17,30H,6-7,9-10,12-13,15H2,1H3. The van der Waals surface area contributed by atoms with Gasteiger partial charge in [0.15, 0.2) is 0 Å². The molecule has 32 heavy (non-hydrogen) atoms. The van der Waals surface area contributed by atoms with Crippen LogP contribution in [-0.2, 0) is 0 Å². The van der Waals surface area contributed by atoms with E-state index < -0.39 is 0 Å². The first-order valence-corrected chi connectivity index (χ1v) is 11.1. The molecular formula is C24H27N5O3. The molecule has 8 heteroatoms. The Labute approximate surface area is 186 Å². The third-order valence-corrected chi connectivity index (χ3v) is 6.38. The van der Waals surface area contributed by atoms with Crippen LogP contribution in [0.25, 0.3) is 17.2 Å². The highest BCUT2D eigenvalue weighted by Crippen LogP contribution is 2.42. The second-order valence-corrected chi connectivity index (χ2v) is 8.49. The highest BCUT2D eigenvalue weighted by atomic mass is 16.5. The van der Waals surface area contributed by atoms with Gasteiger partial charge in [-0.05, 0) is 49.8 Å². The number of hydrogen-bond donors (Lipinski definition) is 1. The van der Waals surface area contributed by atoms with E-state index in [1.165, 1.54) is 0 Å². The number of amides is 1. The summed E-state index contributed by atoms with van der Waals surface area (Å²) < 4.78 is 7.21. The summed E-state index contributed by atoms with van der Waals surface area (Å²) in [4.78, 5) is 24.4. The maximum atomic E-state index is 13.3. The van der Waals surface area contributed by atoms with Crippen molar-refractivity contribution in [1.29, 1.82) is 0 Å². The number of nitrogens with zero attached hydrogens (tertiary/aromatic N) is 5. The number of rotatable bonds is 6. The van der Waals surface area contributed by atoms with Gasteiger partial charge in [-0.25, -0.2) is 14.6 Å². The predicted molar refractivity (Wildman–Crippen MR) is 119 cm³/mol. The van der Waals surface area contributed by atoms with Crippen molar-refractivity contribution in [2.24, 2.45) is 5.92 Å². The lowest BCUT2D eigenvalue weighted by molar-refractivity contribution is 0.0649. The summed E-state index contributed by atoms with van der Waals surface area (Å²) >= 11 is 0. The highest BCUT2D eigenvalue weighted by molar-refractivity contribution is 5.95. The van der Waals surface area contributed by atoms with Crippen LogP contribution < -0.4 is 4.74 Å². The smallest absolute Gasteiger partial charge is 0.257 e. The summed E-state index contributed by atoms with van der Waals surface area (Å²) in [5.74, 6) is 1.78. The SMILES string of the molecule is COc1ccccc1-c1ccnc(-n2ncc(C(=O)N3CCC(CO)CC3)c2C2CC2)n1. The molecule has 0 spiro atoms. The lowest BCUT2D eigenvalue weighted by atomic mass is 9.97. The molecule has 1 aliphatic carbocycles. The Balaban J connectivity index is 1.48. The normalized spacial score (nSPS) is 16.9. The number of carbonyl (C=O) groups excluding carboxylic acids is 1. The number of ether oxygens (including phenoxy) is 1. The Morgan fingerprint density at radius 3 is 2.66 bits per heavy atom. The fraction of sp³-hybridized carbons (Fsp3) is 0.417. The molecule has 5 rings (SSSR count). The summed E-state index contributed by atoms with van der Waals surface area (Å²) in [5.41, 5.74) is 3.16. The van der Waals surface area contributed by atoms with Gasteiger partial charge in [0.25, 0.3) is 11.9 Å². The summed E-state index contributed by atoms with van der Waals surface area (Å²) in [6, 6.07) is 9.57. The number of methoxy groups -OCH3 is 1. The zero-order valence-electron chi connectivity index (χ0n) is 18.1. The van der Waals surface area contributed by atoms with Crippen molar-refractivity contribution in [2.75, 3.05) is 26.8 Å². The summed E-state index contributed by atoms with van der Waals surface area (Å²) in [6.45, 7) is 1.52. The number of para-hydroxylation sites is 1. The van der Waals surface area contributed by atoms with Crippen molar-refractivity contribution < 1.29 is 14.6 Å². The van der Waals surface area contributed by atoms with Crippen LogP contribution in [0.4, 0.5) is 0 Å². The van der Waals surface area contributed by atoms with Crippen molar-refractivity contribution in [3.8, 4) is 23.0 Å². The van der Waals surface area contributed by atoms with E-state index in [1.54, 1.807) is 24.2 Å². The van der Waals surface area contributed by atoms with Crippen LogP contribution in [0.5, 0.6) is 5.75 Å². The fourth-order valence-electron chi connectivity index (χ4n) is 4.38. The molecule has 3 aromatic rings. The maximum absolute atomic E-state index is 13.3. The highest BCUT2D eigenvalue weighted by Gasteiger charge is 2.35. The van der Waals surface area contributed by atoms with Gasteiger partial charge in [0.05, 0.1) is 30.3 Å². The average molecular weight is 434 g/mol. The molecule has 0 bridgehead atoms. The van der Waals surface area contributed by atoms with Crippen molar-refractivity contribution in [3.63, 3.8) is 0 Å². The average Bonchev–Trinajstić information content (AvgIpc) is 3.61. The zero-order valence-corrected chi connectivity index (χ0v) is 18.1. The van der Waals surface area contributed by atoms with Crippen molar-refractivity contribution in [2.45, 2.75) is 31.6 Å². The second-order valence-electron chi connectivity index (χ2n) is 8.49. The van der Waals surface area contributed by atoms with Gasteiger partial charge < -0.3 is 14.7 Å². The van der Waals surface area contributed by atoms with Gasteiger partial charge in [-0.1, -0.05) is 12.1 Å². The van der Waals surface area contributed by atoms with Crippen LogP contribution in [0, 0.1) is 5.92 Å². The Kier molecular flexibility index (Phi) is 5.61. The van der Waals surface area contributed by atoms with Crippen LogP contribution >= 0.6 is 0 Å². The minimum atomic E-state index is 0.00965. The Morgan fingerprint density at radius 2 is 1.94 bits per heavy atom. The van der Waals surface area contributed by atoms with Crippen LogP contribution in [0.2, 0.25) is 0 Å². The molecular weight excluding hydrogens is 406 g/mol. The number of aliphatic hydroxyl groups is 1. The number of aliphatic hydroxyl groups excluding tert-OH is 1. The molecule has 2 aromatic heterocycles. The van der Waals surface area contributed by atoms with Gasteiger partial charge in [-0.2, -0.15) is 5.10 Å². The lowest BCUT2D eigenvalue weighted by Gasteiger charge is -2.31. The molecule has 166 valence electrons. The molecule has 1 N–H and O–H groups in total. The van der Waals surface area contributed by atoms with E-state index in [2.05, 4.69) is 10.1 Å². The van der Waals surface area contributed by atoms with Crippen LogP contribution in [-0.4, -0.2) is 62.5 Å². The van der Waals surface area contributed by atoms with E-state index in [-0.39, 0.29) is 18.4 Å². The first-order chi connectivity index (χ1) is 15.7. The molecule has 1 amide bonds. The van der Waals surface area contributed by atoms with Crippen molar-refractivity contribution in [1.82, 2.24) is 24.6 Å². The van der Waals surface area contributed by atoms with Crippen molar-refractivity contribution >= 4 is 5.91 Å². The maximum Gasteiger partial charge on any atom is 0.257 e. The van der Waals surface area contributed by atoms with Gasteiger partial charge >= 0.3 is 0 Å². The first-order valence-electron chi connectivity index (χ1n) is 11.1. The van der Waals surface area contributed by atoms with Crippen LogP contribution in [0.1, 0.15) is 47.7 Å². The largest absolute Gasteiger partial charge is 0.496 e. The molecule has 1 aromatic carbocycles. The van der Waals surface area contributed by atoms with E-state index >= 15 is 0 Å². The van der Waals surface area contributed by atoms with Gasteiger partial charge in [0.2, 0.25) is 0 Å². The Bertz CT molecular complexity index is 1120. The number of likely N-dealkylation sites (tertiary alicyclic amines) is 1. The molecule has 2 aliphatic rings. The van der Waals surface area contributed by atoms with E-state index in [0.717, 1.165) is 48.4 Å². The minimum Gasteiger partial charge on any atom is -0.496 e. The third-order valence-electron chi connectivity index (χ3n) is 6.38. The van der Waals surface area contributed by atoms with Crippen LogP contribution in [0.3, 0.4) is 0 Å². The van der Waals surface area contributed by atoms with E-state index in [4.69, 9.17) is 9.72 Å². The zero-order chi connectivity index (χ0) is 22.1. The molecule has 8 nitrogen and oxygen atoms in total. The van der Waals surface area contributed by atoms with Gasteiger partial charge in [0.1, 0.15) is 5.75 Å². The second kappa shape index (κ2) is 8.70. The predicted octanol–water partition coefficient (Wildman–Crippen LogP) is 3.06. The molecule has 3 heterocycles. The Hall–Kier alpha value is -3.26. The number of hydrogen-bond acceptors (Lipinski definition) is 6. The van der Waals surface area contributed by atoms with Crippen molar-refractivity contribution in [3.05, 3.63) is 54.0 Å². The fourth-order valence-corrected chi connectivity index (χ4v) is 4.38. The van der Waals surface area contributed by atoms with Gasteiger partial charge in [0, 0.05) is 37.4 Å². The third kappa shape index (κ3) is 3.86. The van der Waals surface area contributed by atoms with E-state index in [1.807, 2.05) is 35.2 Å². The number of piperidine rings is 1.